The zero-order valence-electron chi connectivity index (χ0n) is 10.9. The van der Waals surface area contributed by atoms with Crippen molar-refractivity contribution in [3.8, 4) is 5.75 Å². The fourth-order valence-electron chi connectivity index (χ4n) is 3.08. The molecule has 4 heteroatoms. The van der Waals surface area contributed by atoms with Gasteiger partial charge in [0.2, 0.25) is 0 Å². The Bertz CT molecular complexity index is 467. The quantitative estimate of drug-likeness (QED) is 0.724. The molecule has 104 valence electrons. The highest BCUT2D eigenvalue weighted by Gasteiger charge is 2.34. The highest BCUT2D eigenvalue weighted by Crippen LogP contribution is 2.40. The summed E-state index contributed by atoms with van der Waals surface area (Å²) < 4.78 is 12.7. The molecule has 0 aliphatic carbocycles. The van der Waals surface area contributed by atoms with Crippen LogP contribution in [0.1, 0.15) is 24.0 Å². The molecule has 0 bridgehead atoms. The molecule has 0 N–H and O–H groups in total. The third-order valence-corrected chi connectivity index (χ3v) is 5.73. The maximum atomic E-state index is 5.84. The van der Waals surface area contributed by atoms with E-state index in [4.69, 9.17) is 9.47 Å². The molecule has 2 aliphatic heterocycles. The summed E-state index contributed by atoms with van der Waals surface area (Å²) in [6, 6.07) is 4.40. The highest BCUT2D eigenvalue weighted by atomic mass is 79.9. The van der Waals surface area contributed by atoms with E-state index in [9.17, 15) is 0 Å². The number of rotatable bonds is 3. The Kier molecular flexibility index (Phi) is 4.20. The number of hydrogen-bond acceptors (Lipinski definition) is 2. The Morgan fingerprint density at radius 1 is 1.26 bits per heavy atom. The lowest BCUT2D eigenvalue weighted by Crippen LogP contribution is -2.35. The average Bonchev–Trinajstić information content (AvgIpc) is 2.88. The van der Waals surface area contributed by atoms with Gasteiger partial charge in [-0.2, -0.15) is 0 Å². The van der Waals surface area contributed by atoms with Crippen molar-refractivity contribution >= 4 is 31.9 Å². The number of halogens is 2. The second kappa shape index (κ2) is 5.74. The van der Waals surface area contributed by atoms with Gasteiger partial charge in [-0.25, -0.2) is 0 Å². The molecule has 1 unspecified atom stereocenters. The monoisotopic (exact) mass is 388 g/mol. The molecule has 0 amide bonds. The van der Waals surface area contributed by atoms with Crippen LogP contribution in [0.15, 0.2) is 16.6 Å². The number of alkyl halides is 1. The van der Waals surface area contributed by atoms with Crippen LogP contribution in [0.2, 0.25) is 0 Å². The fraction of sp³-hybridized carbons (Fsp3) is 0.600. The standard InChI is InChI=1S/C15H18Br2O2/c16-9-15(3-1-4-18-10-15)8-12-7-13(17)6-11-2-5-19-14(11)12/h6-7H,1-5,8-10H2. The van der Waals surface area contributed by atoms with Crippen molar-refractivity contribution in [3.63, 3.8) is 0 Å². The van der Waals surface area contributed by atoms with E-state index in [2.05, 4.69) is 44.0 Å². The molecule has 0 spiro atoms. The van der Waals surface area contributed by atoms with Gasteiger partial charge in [-0.05, 0) is 42.5 Å². The van der Waals surface area contributed by atoms with Gasteiger partial charge >= 0.3 is 0 Å². The van der Waals surface area contributed by atoms with Gasteiger partial charge < -0.3 is 9.47 Å². The van der Waals surface area contributed by atoms with E-state index in [0.717, 1.165) is 54.6 Å². The number of fused-ring (bicyclic) bond motifs is 1. The molecule has 0 saturated carbocycles. The Morgan fingerprint density at radius 3 is 2.89 bits per heavy atom. The van der Waals surface area contributed by atoms with Crippen LogP contribution in [0.25, 0.3) is 0 Å². The molecule has 1 fully saturated rings. The molecule has 2 heterocycles. The topological polar surface area (TPSA) is 18.5 Å². The summed E-state index contributed by atoms with van der Waals surface area (Å²) >= 11 is 7.31. The molecule has 1 saturated heterocycles. The lowest BCUT2D eigenvalue weighted by Gasteiger charge is -2.36. The summed E-state index contributed by atoms with van der Waals surface area (Å²) in [6.07, 6.45) is 4.43. The van der Waals surface area contributed by atoms with Crippen molar-refractivity contribution in [3.05, 3.63) is 27.7 Å². The largest absolute Gasteiger partial charge is 0.493 e. The van der Waals surface area contributed by atoms with Crippen LogP contribution in [0.3, 0.4) is 0 Å². The van der Waals surface area contributed by atoms with Gasteiger partial charge in [-0.1, -0.05) is 31.9 Å². The van der Waals surface area contributed by atoms with Crippen molar-refractivity contribution in [1.29, 1.82) is 0 Å². The van der Waals surface area contributed by atoms with Gasteiger partial charge in [0.05, 0.1) is 13.2 Å². The molecule has 3 rings (SSSR count). The molecular formula is C15H18Br2O2. The molecule has 1 aromatic rings. The Balaban J connectivity index is 1.90. The molecule has 1 aromatic carbocycles. The summed E-state index contributed by atoms with van der Waals surface area (Å²) in [5, 5.41) is 0.987. The maximum Gasteiger partial charge on any atom is 0.125 e. The lowest BCUT2D eigenvalue weighted by molar-refractivity contribution is 0.00590. The van der Waals surface area contributed by atoms with E-state index in [1.807, 2.05) is 0 Å². The van der Waals surface area contributed by atoms with Gasteiger partial charge in [-0.15, -0.1) is 0 Å². The first-order valence-corrected chi connectivity index (χ1v) is 8.72. The Hall–Kier alpha value is -0.0600. The fourth-order valence-corrected chi connectivity index (χ4v) is 4.28. The molecule has 19 heavy (non-hydrogen) atoms. The van der Waals surface area contributed by atoms with Crippen LogP contribution >= 0.6 is 31.9 Å². The minimum atomic E-state index is 0.221. The maximum absolute atomic E-state index is 5.84. The predicted molar refractivity (Wildman–Crippen MR) is 83.3 cm³/mol. The van der Waals surface area contributed by atoms with Crippen molar-refractivity contribution in [2.24, 2.45) is 5.41 Å². The first-order valence-electron chi connectivity index (χ1n) is 6.80. The average molecular weight is 390 g/mol. The molecule has 2 aliphatic rings. The molecule has 0 aromatic heterocycles. The van der Waals surface area contributed by atoms with Gasteiger partial charge in [0.25, 0.3) is 0 Å². The normalized spacial score (nSPS) is 26.0. The molecule has 2 nitrogen and oxygen atoms in total. The second-order valence-corrected chi connectivity index (χ2v) is 7.09. The summed E-state index contributed by atoms with van der Waals surface area (Å²) in [5.41, 5.74) is 2.89. The molecule has 0 radical (unpaired) electrons. The van der Waals surface area contributed by atoms with Gasteiger partial charge in [0, 0.05) is 28.2 Å². The summed E-state index contributed by atoms with van der Waals surface area (Å²) in [7, 11) is 0. The summed E-state index contributed by atoms with van der Waals surface area (Å²) in [4.78, 5) is 0. The van der Waals surface area contributed by atoms with E-state index in [1.165, 1.54) is 17.5 Å². The van der Waals surface area contributed by atoms with Crippen LogP contribution < -0.4 is 4.74 Å². The van der Waals surface area contributed by atoms with Crippen molar-refractivity contribution < 1.29 is 9.47 Å². The highest BCUT2D eigenvalue weighted by molar-refractivity contribution is 9.10. The van der Waals surface area contributed by atoms with Crippen LogP contribution in [-0.2, 0) is 17.6 Å². The lowest BCUT2D eigenvalue weighted by atomic mass is 9.78. The molecule has 1 atom stereocenters. The van der Waals surface area contributed by atoms with Crippen molar-refractivity contribution in [2.45, 2.75) is 25.7 Å². The summed E-state index contributed by atoms with van der Waals surface area (Å²) in [6.45, 7) is 2.57. The van der Waals surface area contributed by atoms with Crippen molar-refractivity contribution in [1.82, 2.24) is 0 Å². The summed E-state index contributed by atoms with van der Waals surface area (Å²) in [5.74, 6) is 1.12. The minimum absolute atomic E-state index is 0.221. The number of ether oxygens (including phenoxy) is 2. The van der Waals surface area contributed by atoms with Crippen LogP contribution in [0.5, 0.6) is 5.75 Å². The van der Waals surface area contributed by atoms with Gasteiger partial charge in [0.15, 0.2) is 0 Å². The van der Waals surface area contributed by atoms with Crippen molar-refractivity contribution in [2.75, 3.05) is 25.2 Å². The third-order valence-electron chi connectivity index (χ3n) is 4.08. The number of benzene rings is 1. The Morgan fingerprint density at radius 2 is 2.16 bits per heavy atom. The molecular weight excluding hydrogens is 372 g/mol. The van der Waals surface area contributed by atoms with Crippen LogP contribution in [0, 0.1) is 5.41 Å². The van der Waals surface area contributed by atoms with E-state index in [0.29, 0.717) is 0 Å². The number of hydrogen-bond donors (Lipinski definition) is 0. The predicted octanol–water partition coefficient (Wildman–Crippen LogP) is 4.12. The zero-order valence-corrected chi connectivity index (χ0v) is 14.1. The zero-order chi connectivity index (χ0) is 13.3. The minimum Gasteiger partial charge on any atom is -0.493 e. The smallest absolute Gasteiger partial charge is 0.125 e. The van der Waals surface area contributed by atoms with Gasteiger partial charge in [-0.3, -0.25) is 0 Å². The van der Waals surface area contributed by atoms with Crippen LogP contribution in [0.4, 0.5) is 0 Å². The van der Waals surface area contributed by atoms with E-state index in [1.54, 1.807) is 0 Å². The van der Waals surface area contributed by atoms with E-state index < -0.39 is 0 Å². The first-order chi connectivity index (χ1) is 9.22. The van der Waals surface area contributed by atoms with Gasteiger partial charge in [0.1, 0.15) is 5.75 Å². The Labute approximate surface area is 131 Å². The third kappa shape index (κ3) is 2.86. The van der Waals surface area contributed by atoms with E-state index in [-0.39, 0.29) is 5.41 Å². The van der Waals surface area contributed by atoms with Crippen LogP contribution in [-0.4, -0.2) is 25.2 Å². The SMILES string of the molecule is BrCC1(Cc2cc(Br)cc3c2OCC3)CCCOC1. The van der Waals surface area contributed by atoms with E-state index >= 15 is 0 Å². The second-order valence-electron chi connectivity index (χ2n) is 5.62. The first kappa shape index (κ1) is 13.9.